The van der Waals surface area contributed by atoms with E-state index in [1.165, 1.54) is 204 Å². The third-order valence-electron chi connectivity index (χ3n) is 28.1. The van der Waals surface area contributed by atoms with Crippen LogP contribution in [0.3, 0.4) is 0 Å². The largest absolute Gasteiger partial charge is 0.347 e. The first kappa shape index (κ1) is 95.3. The van der Waals surface area contributed by atoms with Gasteiger partial charge in [0.1, 0.15) is 0 Å². The molecular weight excluding hydrogens is 1760 g/mol. The molecule has 6 heterocycles. The molecular formula is C136H121N9. The number of anilines is 5. The minimum Gasteiger partial charge on any atom is -0.347 e. The molecule has 24 aromatic rings. The summed E-state index contributed by atoms with van der Waals surface area (Å²) in [4.78, 5) is 12.0. The fourth-order valence-corrected chi connectivity index (χ4v) is 21.9. The van der Waals surface area contributed by atoms with E-state index in [2.05, 4.69) is 558 Å². The Kier molecular flexibility index (Phi) is 27.3. The van der Waals surface area contributed by atoms with Crippen LogP contribution in [0.2, 0.25) is 0 Å². The molecule has 0 saturated heterocycles. The van der Waals surface area contributed by atoms with Gasteiger partial charge in [-0.15, -0.1) is 0 Å². The van der Waals surface area contributed by atoms with Crippen LogP contribution in [0.4, 0.5) is 39.8 Å². The van der Waals surface area contributed by atoms with Crippen molar-refractivity contribution < 1.29 is 0 Å². The predicted octanol–water partition coefficient (Wildman–Crippen LogP) is 39.6. The van der Waals surface area contributed by atoms with E-state index < -0.39 is 0 Å². The average molecular weight is 1880 g/mol. The summed E-state index contributed by atoms with van der Waals surface area (Å²) in [5.74, 6) is 0. The van der Waals surface area contributed by atoms with Crippen LogP contribution in [0.25, 0.3) is 185 Å². The van der Waals surface area contributed by atoms with E-state index in [-0.39, 0.29) is 0 Å². The van der Waals surface area contributed by atoms with Gasteiger partial charge in [-0.2, -0.15) is 0 Å². The molecule has 0 N–H and O–H groups in total. The Hall–Kier alpha value is -17.2. The van der Waals surface area contributed by atoms with Crippen molar-refractivity contribution in [3.05, 3.63) is 477 Å². The van der Waals surface area contributed by atoms with Gasteiger partial charge in [0.05, 0.1) is 58.0 Å². The molecule has 0 atom stereocenters. The Labute approximate surface area is 852 Å². The smallest absolute Gasteiger partial charge is 0.210 e. The molecule has 5 aromatic heterocycles. The van der Waals surface area contributed by atoms with E-state index in [4.69, 9.17) is 13.1 Å². The van der Waals surface area contributed by atoms with Gasteiger partial charge in [0.2, 0.25) is 5.69 Å². The Balaban J connectivity index is 0.000000107. The summed E-state index contributed by atoms with van der Waals surface area (Å²) in [5, 5.41) is 12.9. The second-order valence-electron chi connectivity index (χ2n) is 39.5. The zero-order valence-corrected chi connectivity index (χ0v) is 85.1. The maximum absolute atomic E-state index is 7.40. The predicted molar refractivity (Wildman–Crippen MR) is 622 cm³/mol. The molecule has 19 aromatic carbocycles. The van der Waals surface area contributed by atoms with Crippen LogP contribution in [-0.2, 0) is 0 Å². The molecule has 1 aliphatic rings. The van der Waals surface area contributed by atoms with Gasteiger partial charge in [-0.25, -0.2) is 9.69 Å². The molecule has 9 nitrogen and oxygen atoms in total. The first-order chi connectivity index (χ1) is 70.7. The number of para-hydroxylation sites is 9. The van der Waals surface area contributed by atoms with Crippen molar-refractivity contribution in [2.75, 3.05) is 9.80 Å². The summed E-state index contributed by atoms with van der Waals surface area (Å²) < 4.78 is 12.1. The number of hydrogen-bond donors (Lipinski definition) is 0. The van der Waals surface area contributed by atoms with E-state index in [0.29, 0.717) is 41.9 Å². The molecule has 25 rings (SSSR count). The number of nitrogens with zero attached hydrogens (tertiary/aromatic N) is 9. The second kappa shape index (κ2) is 41.5. The van der Waals surface area contributed by atoms with Crippen molar-refractivity contribution in [2.45, 2.75) is 133 Å². The van der Waals surface area contributed by atoms with Gasteiger partial charge in [0.15, 0.2) is 5.69 Å². The van der Waals surface area contributed by atoms with Crippen LogP contribution >= 0.6 is 0 Å². The molecule has 145 heavy (non-hydrogen) atoms. The lowest BCUT2D eigenvalue weighted by atomic mass is 10.0. The molecule has 0 radical (unpaired) electrons. The first-order valence-electron chi connectivity index (χ1n) is 50.9. The van der Waals surface area contributed by atoms with E-state index in [1.807, 2.05) is 24.3 Å². The van der Waals surface area contributed by atoms with E-state index in [0.717, 1.165) is 16.7 Å². The highest BCUT2D eigenvalue weighted by Crippen LogP contribution is 2.53. The summed E-state index contributed by atoms with van der Waals surface area (Å²) in [5.41, 5.74) is 37.9. The van der Waals surface area contributed by atoms with Gasteiger partial charge in [0, 0.05) is 135 Å². The highest BCUT2D eigenvalue weighted by atomic mass is 15.3. The molecule has 0 amide bonds. The van der Waals surface area contributed by atoms with Gasteiger partial charge in [-0.05, 0) is 254 Å². The minimum atomic E-state index is 0.337. The fourth-order valence-electron chi connectivity index (χ4n) is 21.9. The standard InChI is InChI=1S/3C27H23N.C21H20N2.2C17H16N2/c1-19(2)28-26-22(20-11-5-3-6-12-20)15-9-17-24(26)25-18-10-16-23(27(25)28)21-13-7-4-8-14-21;1-19(2)28-26-15-13-22(20-9-5-3-6-10-20)17-24(26)25-18-23(14-16-27(25)28)21-11-7-4-8-12-21;1-19(2)28-26-17-22(20-9-5-3-6-10-20)13-15-24(26)25-16-14-23(18-27(25)28)21-11-7-4-8-12-21;1-16(2)22-18-12-6-8-14-20(18)23(17-10-4-3-5-11-17)21-15-9-7-13-19(21)22;1-11(2)19-16-9-12(3)5-7-14(16)15-8-6-13(18-4)10-17(15)19;1-11(2)19-16-12(3)7-5-8-13(16)14-9-6-10-15(18-4)17(14)19/h3*3-19H,1-2H3;3-16H,1-2H3;2*5-11H,1-3H3. The molecule has 1 aliphatic heterocycles. The van der Waals surface area contributed by atoms with Crippen molar-refractivity contribution >= 4 is 149 Å². The molecule has 0 unspecified atom stereocenters. The minimum absolute atomic E-state index is 0.337. The number of rotatable bonds is 13. The lowest BCUT2D eigenvalue weighted by molar-refractivity contribution is 0.642. The quantitative estimate of drug-likeness (QED) is 0.108. The Morgan fingerprint density at radius 1 is 0.200 bits per heavy atom. The molecule has 0 aliphatic carbocycles. The van der Waals surface area contributed by atoms with Crippen molar-refractivity contribution in [3.63, 3.8) is 0 Å². The second-order valence-corrected chi connectivity index (χ2v) is 39.5. The number of aromatic nitrogens is 5. The van der Waals surface area contributed by atoms with Crippen molar-refractivity contribution in [1.82, 2.24) is 22.8 Å². The number of aryl methyl sites for hydroxylation is 2. The third kappa shape index (κ3) is 18.5. The average Bonchev–Trinajstić information content (AvgIpc) is 1.68. The highest BCUT2D eigenvalue weighted by molar-refractivity contribution is 6.18. The molecule has 710 valence electrons. The maximum atomic E-state index is 7.40. The van der Waals surface area contributed by atoms with Crippen LogP contribution in [0.1, 0.15) is 124 Å². The zero-order chi connectivity index (χ0) is 100. The summed E-state index contributed by atoms with van der Waals surface area (Å²) in [7, 11) is 0. The van der Waals surface area contributed by atoms with Crippen molar-refractivity contribution in [3.8, 4) is 66.8 Å². The van der Waals surface area contributed by atoms with Gasteiger partial charge >= 0.3 is 0 Å². The highest BCUT2D eigenvalue weighted by Gasteiger charge is 2.31. The van der Waals surface area contributed by atoms with Crippen LogP contribution in [-0.4, -0.2) is 28.9 Å². The van der Waals surface area contributed by atoms with E-state index in [1.54, 1.807) is 0 Å². The Morgan fingerprint density at radius 2 is 0.517 bits per heavy atom. The topological polar surface area (TPSA) is 39.9 Å². The summed E-state index contributed by atoms with van der Waals surface area (Å²) in [6.07, 6.45) is 0. The summed E-state index contributed by atoms with van der Waals surface area (Å²) >= 11 is 0. The van der Waals surface area contributed by atoms with Gasteiger partial charge < -0.3 is 32.6 Å². The molecule has 0 fully saturated rings. The molecule has 9 heteroatoms. The fraction of sp³-hybridized carbons (Fsp3) is 0.147. The first-order valence-corrected chi connectivity index (χ1v) is 50.9. The third-order valence-corrected chi connectivity index (χ3v) is 28.1. The molecule has 0 spiro atoms. The molecule has 0 bridgehead atoms. The van der Waals surface area contributed by atoms with Gasteiger partial charge in [0.25, 0.3) is 0 Å². The Bertz CT molecular complexity index is 8570. The zero-order valence-electron chi connectivity index (χ0n) is 85.1. The lowest BCUT2D eigenvalue weighted by Crippen LogP contribution is -2.32. The van der Waals surface area contributed by atoms with Crippen LogP contribution < -0.4 is 9.80 Å². The van der Waals surface area contributed by atoms with E-state index >= 15 is 0 Å². The van der Waals surface area contributed by atoms with Crippen molar-refractivity contribution in [2.24, 2.45) is 0 Å². The lowest BCUT2D eigenvalue weighted by Gasteiger charge is -2.42. The monoisotopic (exact) mass is 1880 g/mol. The summed E-state index contributed by atoms with van der Waals surface area (Å²) in [6, 6.07) is 160. The number of benzene rings is 19. The SMILES string of the molecule is CC(C)N1c2ccccc2N(c2ccccc2)c2ccccc21.CC(C)n1c2c(-c3ccccc3)cccc2c2cccc(-c3ccccc3)c21.CC(C)n1c2cc(-c3ccccc3)ccc2c2ccc(-c3ccccc3)cc21.CC(C)n1c2ccc(-c3ccccc3)cc2c2cc(-c3ccccc3)ccc21.[C-]#[N+]c1ccc2c3ccc(C)cc3n(C(C)C)c2c1.[C-]#[N+]c1cccc2c3cccc(C)c3n(C(C)C)c12. The van der Waals surface area contributed by atoms with E-state index in [9.17, 15) is 0 Å². The van der Waals surface area contributed by atoms with Gasteiger partial charge in [-0.1, -0.05) is 358 Å². The van der Waals surface area contributed by atoms with Crippen molar-refractivity contribution in [1.29, 1.82) is 0 Å². The van der Waals surface area contributed by atoms with Crippen LogP contribution in [0, 0.1) is 27.0 Å². The number of fused-ring (bicyclic) bond motifs is 17. The molecule has 0 saturated carbocycles. The maximum Gasteiger partial charge on any atom is 0.210 e. The summed E-state index contributed by atoms with van der Waals surface area (Å²) in [6.45, 7) is 45.7. The Morgan fingerprint density at radius 3 is 0.917 bits per heavy atom. The van der Waals surface area contributed by atoms with Crippen LogP contribution in [0.15, 0.2) is 443 Å². The normalized spacial score (nSPS) is 11.7. The number of hydrogen-bond acceptors (Lipinski definition) is 2. The van der Waals surface area contributed by atoms with Gasteiger partial charge in [-0.3, -0.25) is 0 Å². The van der Waals surface area contributed by atoms with Crippen LogP contribution in [0.5, 0.6) is 0 Å².